The Balaban J connectivity index is 0.00000162. The van der Waals surface area contributed by atoms with Gasteiger partial charge in [-0.1, -0.05) is 18.2 Å². The summed E-state index contributed by atoms with van der Waals surface area (Å²) in [6, 6.07) is 10.1. The van der Waals surface area contributed by atoms with Crippen LogP contribution in [0.2, 0.25) is 0 Å². The summed E-state index contributed by atoms with van der Waals surface area (Å²) < 4.78 is 0. The molecule has 0 aliphatic rings. The molecule has 5 heteroatoms. The number of phenols is 2. The molecule has 18 heavy (non-hydrogen) atoms. The quantitative estimate of drug-likeness (QED) is 0.614. The molecular weight excluding hydrogens is 243 g/mol. The SMILES string of the molecule is O=C([O-])c1ccc(O)c(-c2ccccc2O)c1.[Na+]. The van der Waals surface area contributed by atoms with Gasteiger partial charge in [-0.15, -0.1) is 0 Å². The van der Waals surface area contributed by atoms with Crippen LogP contribution < -0.4 is 34.7 Å². The van der Waals surface area contributed by atoms with E-state index in [4.69, 9.17) is 0 Å². The summed E-state index contributed by atoms with van der Waals surface area (Å²) in [7, 11) is 0. The predicted molar refractivity (Wildman–Crippen MR) is 59.5 cm³/mol. The van der Waals surface area contributed by atoms with Gasteiger partial charge in [0.1, 0.15) is 11.5 Å². The molecule has 0 saturated carbocycles. The molecule has 0 bridgehead atoms. The average molecular weight is 252 g/mol. The molecule has 0 radical (unpaired) electrons. The minimum Gasteiger partial charge on any atom is -0.545 e. The van der Waals surface area contributed by atoms with Gasteiger partial charge in [-0.2, -0.15) is 0 Å². The maximum absolute atomic E-state index is 10.7. The molecule has 0 fully saturated rings. The van der Waals surface area contributed by atoms with Crippen molar-refractivity contribution in [3.63, 3.8) is 0 Å². The van der Waals surface area contributed by atoms with Crippen LogP contribution in [0.25, 0.3) is 11.1 Å². The van der Waals surface area contributed by atoms with Crippen LogP contribution in [0.4, 0.5) is 0 Å². The Morgan fingerprint density at radius 2 is 1.56 bits per heavy atom. The Morgan fingerprint density at radius 1 is 0.944 bits per heavy atom. The summed E-state index contributed by atoms with van der Waals surface area (Å²) in [6.45, 7) is 0. The summed E-state index contributed by atoms with van der Waals surface area (Å²) in [5, 5.41) is 30.0. The number of carbonyl (C=O) groups excluding carboxylic acids is 1. The maximum Gasteiger partial charge on any atom is 1.00 e. The van der Waals surface area contributed by atoms with Crippen molar-refractivity contribution in [1.82, 2.24) is 0 Å². The molecule has 4 nitrogen and oxygen atoms in total. The topological polar surface area (TPSA) is 80.6 Å². The van der Waals surface area contributed by atoms with E-state index in [9.17, 15) is 20.1 Å². The molecule has 2 aromatic carbocycles. The van der Waals surface area contributed by atoms with Crippen LogP contribution in [0.5, 0.6) is 11.5 Å². The summed E-state index contributed by atoms with van der Waals surface area (Å²) >= 11 is 0. The molecule has 0 atom stereocenters. The number of hydrogen-bond acceptors (Lipinski definition) is 4. The maximum atomic E-state index is 10.7. The fraction of sp³-hybridized carbons (Fsp3) is 0. The fourth-order valence-electron chi connectivity index (χ4n) is 1.58. The van der Waals surface area contributed by atoms with E-state index >= 15 is 0 Å². The van der Waals surface area contributed by atoms with Crippen molar-refractivity contribution in [2.24, 2.45) is 0 Å². The van der Waals surface area contributed by atoms with Gasteiger partial charge in [0.25, 0.3) is 0 Å². The van der Waals surface area contributed by atoms with Crippen molar-refractivity contribution in [1.29, 1.82) is 0 Å². The van der Waals surface area contributed by atoms with Crippen LogP contribution in [-0.4, -0.2) is 16.2 Å². The second kappa shape index (κ2) is 5.91. The van der Waals surface area contributed by atoms with Crippen LogP contribution >= 0.6 is 0 Å². The number of aromatic hydroxyl groups is 2. The van der Waals surface area contributed by atoms with Gasteiger partial charge >= 0.3 is 29.6 Å². The third-order valence-corrected chi connectivity index (χ3v) is 2.43. The van der Waals surface area contributed by atoms with Crippen LogP contribution in [0, 0.1) is 0 Å². The van der Waals surface area contributed by atoms with Gasteiger partial charge in [-0.25, -0.2) is 0 Å². The number of rotatable bonds is 2. The van der Waals surface area contributed by atoms with Crippen molar-refractivity contribution >= 4 is 5.97 Å². The zero-order chi connectivity index (χ0) is 12.4. The Labute approximate surface area is 126 Å². The van der Waals surface area contributed by atoms with E-state index in [1.807, 2.05) is 0 Å². The van der Waals surface area contributed by atoms with Gasteiger partial charge in [0.15, 0.2) is 0 Å². The molecule has 0 aliphatic heterocycles. The number of benzene rings is 2. The minimum absolute atomic E-state index is 0. The molecule has 0 amide bonds. The first-order chi connectivity index (χ1) is 8.09. The summed E-state index contributed by atoms with van der Waals surface area (Å²) in [5.41, 5.74) is 0.568. The second-order valence-corrected chi connectivity index (χ2v) is 3.54. The first kappa shape index (κ1) is 14.6. The molecule has 0 aromatic heterocycles. The summed E-state index contributed by atoms with van der Waals surface area (Å²) in [6.07, 6.45) is 0. The van der Waals surface area contributed by atoms with E-state index in [2.05, 4.69) is 0 Å². The zero-order valence-electron chi connectivity index (χ0n) is 9.75. The third kappa shape index (κ3) is 2.85. The third-order valence-electron chi connectivity index (χ3n) is 2.43. The van der Waals surface area contributed by atoms with Gasteiger partial charge < -0.3 is 20.1 Å². The first-order valence-electron chi connectivity index (χ1n) is 4.92. The summed E-state index contributed by atoms with van der Waals surface area (Å²) in [4.78, 5) is 10.7. The number of carbonyl (C=O) groups is 1. The number of hydrogen-bond donors (Lipinski definition) is 2. The van der Waals surface area contributed by atoms with Crippen molar-refractivity contribution in [3.8, 4) is 22.6 Å². The largest absolute Gasteiger partial charge is 1.00 e. The monoisotopic (exact) mass is 252 g/mol. The zero-order valence-corrected chi connectivity index (χ0v) is 11.8. The second-order valence-electron chi connectivity index (χ2n) is 3.54. The number of carboxylic acids is 1. The van der Waals surface area contributed by atoms with E-state index in [1.165, 1.54) is 24.3 Å². The Bertz CT molecular complexity index is 581. The molecule has 2 N–H and O–H groups in total. The smallest absolute Gasteiger partial charge is 0.545 e. The van der Waals surface area contributed by atoms with Crippen LogP contribution in [0.3, 0.4) is 0 Å². The van der Waals surface area contributed by atoms with Gasteiger partial charge in [-0.3, -0.25) is 0 Å². The van der Waals surface area contributed by atoms with E-state index in [-0.39, 0.29) is 52.2 Å². The molecule has 2 rings (SSSR count). The Hall–Kier alpha value is -1.49. The van der Waals surface area contributed by atoms with Crippen LogP contribution in [-0.2, 0) is 0 Å². The Morgan fingerprint density at radius 3 is 2.17 bits per heavy atom. The van der Waals surface area contributed by atoms with Gasteiger partial charge in [0.2, 0.25) is 0 Å². The first-order valence-corrected chi connectivity index (χ1v) is 4.92. The van der Waals surface area contributed by atoms with Crippen molar-refractivity contribution in [2.45, 2.75) is 0 Å². The molecular formula is C13H9NaO4. The molecule has 2 aromatic rings. The minimum atomic E-state index is -1.33. The number of phenolic OH excluding ortho intramolecular Hbond substituents is 2. The average Bonchev–Trinajstić information content (AvgIpc) is 2.30. The molecule has 0 saturated heterocycles. The van der Waals surface area contributed by atoms with E-state index < -0.39 is 5.97 Å². The molecule has 0 heterocycles. The Kier molecular flexibility index (Phi) is 4.78. The predicted octanol–water partition coefficient (Wildman–Crippen LogP) is -1.87. The van der Waals surface area contributed by atoms with E-state index in [1.54, 1.807) is 18.2 Å². The van der Waals surface area contributed by atoms with Gasteiger partial charge in [-0.05, 0) is 29.8 Å². The standard InChI is InChI=1S/C13H10O4.Na/c14-11-4-2-1-3-9(11)10-7-8(13(16)17)5-6-12(10)15;/h1-7,14-15H,(H,16,17);/q;+1/p-1. The normalized spacial score (nSPS) is 9.56. The van der Waals surface area contributed by atoms with Gasteiger partial charge in [0.05, 0.1) is 5.97 Å². The fourth-order valence-corrected chi connectivity index (χ4v) is 1.58. The summed E-state index contributed by atoms with van der Waals surface area (Å²) in [5.74, 6) is -1.46. The van der Waals surface area contributed by atoms with Crippen LogP contribution in [0.15, 0.2) is 42.5 Å². The van der Waals surface area contributed by atoms with Gasteiger partial charge in [0, 0.05) is 11.1 Å². The molecule has 0 unspecified atom stereocenters. The van der Waals surface area contributed by atoms with E-state index in [0.717, 1.165) is 0 Å². The number of para-hydroxylation sites is 1. The number of aromatic carboxylic acids is 1. The van der Waals surface area contributed by atoms with Crippen molar-refractivity contribution in [2.75, 3.05) is 0 Å². The molecule has 0 aliphatic carbocycles. The molecule has 0 spiro atoms. The number of carboxylic acid groups (broad SMARTS) is 1. The van der Waals surface area contributed by atoms with Crippen molar-refractivity contribution in [3.05, 3.63) is 48.0 Å². The van der Waals surface area contributed by atoms with Crippen LogP contribution in [0.1, 0.15) is 10.4 Å². The molecule has 86 valence electrons. The van der Waals surface area contributed by atoms with E-state index in [0.29, 0.717) is 5.56 Å². The van der Waals surface area contributed by atoms with Crippen molar-refractivity contribution < 1.29 is 49.7 Å².